The van der Waals surface area contributed by atoms with E-state index >= 15 is 0 Å². The average molecular weight is 2090 g/mol. The molecule has 0 saturated carbocycles. The van der Waals surface area contributed by atoms with Gasteiger partial charge in [-0.2, -0.15) is 110 Å². The Kier molecular flexibility index (Phi) is 43.4. The Hall–Kier alpha value is -10.3. The predicted octanol–water partition coefficient (Wildman–Crippen LogP) is 23.6. The summed E-state index contributed by atoms with van der Waals surface area (Å²) >= 11 is 0. The van der Waals surface area contributed by atoms with Crippen LogP contribution in [0.2, 0.25) is 0 Å². The third-order valence-corrected chi connectivity index (χ3v) is 24.9. The number of benzene rings is 8. The molecule has 2 aromatic heterocycles. The minimum atomic E-state index is -4.34. The number of morpholine rings is 1. The van der Waals surface area contributed by atoms with Crippen molar-refractivity contribution in [1.82, 2.24) is 64.3 Å². The van der Waals surface area contributed by atoms with Gasteiger partial charge in [0.25, 0.3) is 0 Å². The highest BCUT2D eigenvalue weighted by molar-refractivity contribution is 5.58. The van der Waals surface area contributed by atoms with Gasteiger partial charge in [0.15, 0.2) is 0 Å². The summed E-state index contributed by atoms with van der Waals surface area (Å²) in [6.45, 7) is 35.0. The zero-order chi connectivity index (χ0) is 108. The molecule has 6 saturated heterocycles. The Morgan fingerprint density at radius 3 is 1.03 bits per heavy atom. The zero-order valence-electron chi connectivity index (χ0n) is 83.7. The molecule has 146 heavy (non-hydrogen) atoms. The molecule has 0 unspecified atom stereocenters. The molecular formula is C105H129F24N15O2. The number of aromatic amines is 1. The molecule has 16 rings (SSSR count). The lowest BCUT2D eigenvalue weighted by Gasteiger charge is -2.34. The molecule has 0 spiro atoms. The van der Waals surface area contributed by atoms with Gasteiger partial charge in [0.2, 0.25) is 0 Å². The number of likely N-dealkylation sites (tertiary alicyclic amines) is 1. The van der Waals surface area contributed by atoms with Crippen molar-refractivity contribution in [2.75, 3.05) is 175 Å². The molecule has 804 valence electrons. The molecule has 8 aromatic carbocycles. The number of halogens is 24. The lowest BCUT2D eigenvalue weighted by Crippen LogP contribution is -2.44. The van der Waals surface area contributed by atoms with E-state index in [4.69, 9.17) is 4.74 Å². The van der Waals surface area contributed by atoms with E-state index in [-0.39, 0.29) is 18.2 Å². The lowest BCUT2D eigenvalue weighted by molar-refractivity contribution is -0.139. The second kappa shape index (κ2) is 53.2. The number of piperazine rings is 4. The van der Waals surface area contributed by atoms with Gasteiger partial charge in [-0.3, -0.25) is 29.6 Å². The van der Waals surface area contributed by atoms with Crippen molar-refractivity contribution in [3.8, 4) is 0 Å². The maximum atomic E-state index is 13.0. The van der Waals surface area contributed by atoms with Gasteiger partial charge in [-0.25, -0.2) is 4.98 Å². The van der Waals surface area contributed by atoms with Crippen molar-refractivity contribution < 1.29 is 115 Å². The monoisotopic (exact) mass is 2090 g/mol. The van der Waals surface area contributed by atoms with E-state index in [0.717, 1.165) is 128 Å². The highest BCUT2D eigenvalue weighted by atomic mass is 19.4. The summed E-state index contributed by atoms with van der Waals surface area (Å²) in [6.07, 6.45) is -28.6. The molecule has 0 aliphatic carbocycles. The van der Waals surface area contributed by atoms with Gasteiger partial charge in [0.05, 0.1) is 82.0 Å². The van der Waals surface area contributed by atoms with E-state index in [1.165, 1.54) is 73.2 Å². The molecule has 6 fully saturated rings. The van der Waals surface area contributed by atoms with Crippen LogP contribution in [0.3, 0.4) is 0 Å². The minimum Gasteiger partial charge on any atom is -0.393 e. The molecule has 0 amide bonds. The summed E-state index contributed by atoms with van der Waals surface area (Å²) < 4.78 is 316. The summed E-state index contributed by atoms with van der Waals surface area (Å²) in [5, 5.41) is 21.7. The van der Waals surface area contributed by atoms with Crippen molar-refractivity contribution >= 4 is 17.2 Å². The van der Waals surface area contributed by atoms with Gasteiger partial charge in [0, 0.05) is 194 Å². The maximum Gasteiger partial charge on any atom is 0.416 e. The number of anilines is 3. The van der Waals surface area contributed by atoms with Gasteiger partial charge < -0.3 is 44.6 Å². The van der Waals surface area contributed by atoms with Crippen LogP contribution in [0.1, 0.15) is 141 Å². The Labute approximate surface area is 836 Å². The van der Waals surface area contributed by atoms with Crippen molar-refractivity contribution in [3.63, 3.8) is 0 Å². The van der Waals surface area contributed by atoms with Crippen LogP contribution in [-0.4, -0.2) is 235 Å². The quantitative estimate of drug-likeness (QED) is 0.0726. The number of hydrogen-bond acceptors (Lipinski definition) is 15. The van der Waals surface area contributed by atoms with Crippen LogP contribution in [0.5, 0.6) is 0 Å². The van der Waals surface area contributed by atoms with Crippen molar-refractivity contribution in [2.45, 2.75) is 170 Å². The number of piperidine rings is 1. The molecule has 0 radical (unpaired) electrons. The minimum absolute atomic E-state index is 0.177. The van der Waals surface area contributed by atoms with Gasteiger partial charge in [-0.1, -0.05) is 100 Å². The van der Waals surface area contributed by atoms with E-state index in [9.17, 15) is 110 Å². The van der Waals surface area contributed by atoms with Gasteiger partial charge >= 0.3 is 49.4 Å². The second-order valence-electron chi connectivity index (χ2n) is 37.8. The number of imidazole rings is 1. The topological polar surface area (TPSA) is 129 Å². The summed E-state index contributed by atoms with van der Waals surface area (Å²) in [4.78, 5) is 22.9. The molecule has 0 bridgehead atoms. The zero-order valence-corrected chi connectivity index (χ0v) is 83.7. The Balaban J connectivity index is 0.000000186. The first kappa shape index (κ1) is 119. The number of aromatic nitrogens is 4. The standard InChI is InChI=1S/2C14H19F3N2.C14H18F3NO.C13H17F3N2.C13H13F3N2.C13H17F3N2.C13H16F3NO.C11H10F3N3/c1-11-7-12(9-13(8-11)14(15,16)17)10-19-5-3-18(2)4-6-19;1-11-3-4-12(13(9-11)14(15,16)17)10-19-7-5-18(2)6-8-19;1-10-2-3-11(13(8-10)14(15,16)17)9-18-6-4-12(19)5-7-18;1-10-7-11(13(14,15)16)9-12(8-10)18-5-3-17(2)4-6-18;1-9-3-4-11(12(5-9)13(14,15)16)7-18-6-10(2)17-8-18;1-10-2-3-11(12(8-10)13(14,15)16)9-18-6-4-17-5-7-18;1-10-2-3-11(12(8-10)13(14,15)16)9-17-4-6-18-7-5-17;1-7-4-8(11(12,13)14)6-9(5-7)16-10-2-3-15-17-10/h7-9H,3-6,10H2,1-2H3;3-4,9H,5-8,10H2,1-2H3;2-3,8,12,19H,4-7,9H2,1H3;7-9H,3-6H2,1-2H3;3-6,8H,7H2,1-2H3;2-3,8,17H,4-7,9H2,1H3;2-3,8H,4-7,9H2,1H3;2-6H,1H3,(H2,15,16,17). The number of aryl methyl sites for hydroxylation is 9. The molecule has 0 atom stereocenters. The molecule has 4 N–H and O–H groups in total. The average Bonchev–Trinajstić information content (AvgIpc) is 1.77. The van der Waals surface area contributed by atoms with Crippen molar-refractivity contribution in [1.29, 1.82) is 0 Å². The van der Waals surface area contributed by atoms with Crippen LogP contribution >= 0.6 is 0 Å². The SMILES string of the molecule is Cc1cc(CN2CCN(C)CC2)cc(C(F)(F)F)c1.Cc1cc(N2CCN(C)CC2)cc(C(F)(F)F)c1.Cc1cc(Nc2ccn[nH]2)cc(C(F)(F)F)c1.Cc1ccc(CN2CCC(O)CC2)c(C(F)(F)F)c1.Cc1ccc(CN2CCN(C)CC2)c(C(F)(F)F)c1.Cc1ccc(CN2CCNCC2)c(C(F)(F)F)c1.Cc1ccc(CN2CCOCC2)c(C(F)(F)F)c1.Cc1ccc(Cn2cnc(C)c2)c(C(F)(F)F)c1. The smallest absolute Gasteiger partial charge is 0.393 e. The normalized spacial score (nSPS) is 16.8. The third kappa shape index (κ3) is 39.9. The van der Waals surface area contributed by atoms with Crippen LogP contribution in [0.25, 0.3) is 0 Å². The molecule has 41 heteroatoms. The molecule has 8 heterocycles. The number of alkyl halides is 24. The number of aliphatic hydroxyl groups is 1. The molecule has 6 aliphatic rings. The summed E-state index contributed by atoms with van der Waals surface area (Å²) in [5.74, 6) is 0.545. The Bertz CT molecular complexity index is 5510. The molecule has 17 nitrogen and oxygen atoms in total. The highest BCUT2D eigenvalue weighted by Crippen LogP contribution is 2.42. The number of H-pyrrole nitrogens is 1. The fraction of sp³-hybridized carbons (Fsp3) is 0.486. The van der Waals surface area contributed by atoms with Gasteiger partial charge in [0.1, 0.15) is 5.82 Å². The molecule has 10 aromatic rings. The summed E-state index contributed by atoms with van der Waals surface area (Å²) in [5.41, 5.74) is 4.85. The first-order valence-corrected chi connectivity index (χ1v) is 47.7. The fourth-order valence-electron chi connectivity index (χ4n) is 16.9. The number of aliphatic hydroxyl groups excluding tert-OH is 1. The Morgan fingerprint density at radius 2 is 0.671 bits per heavy atom. The number of rotatable bonds is 15. The number of likely N-dealkylation sites (N-methyl/N-ethyl adjacent to an activating group) is 3. The Morgan fingerprint density at radius 1 is 0.336 bits per heavy atom. The van der Waals surface area contributed by atoms with Crippen LogP contribution in [-0.2, 0) is 93.4 Å². The van der Waals surface area contributed by atoms with Crippen molar-refractivity contribution in [2.24, 2.45) is 0 Å². The first-order valence-electron chi connectivity index (χ1n) is 47.7. The number of hydrogen-bond donors (Lipinski definition) is 4. The van der Waals surface area contributed by atoms with E-state index in [2.05, 4.69) is 62.3 Å². The van der Waals surface area contributed by atoms with Gasteiger partial charge in [-0.05, 0) is 220 Å². The number of nitrogens with one attached hydrogen (secondary N) is 3. The lowest BCUT2D eigenvalue weighted by atomic mass is 10.0. The largest absolute Gasteiger partial charge is 0.416 e. The van der Waals surface area contributed by atoms with Crippen LogP contribution in [0.15, 0.2) is 170 Å². The second-order valence-corrected chi connectivity index (χ2v) is 37.8. The molecular weight excluding hydrogens is 1960 g/mol. The summed E-state index contributed by atoms with van der Waals surface area (Å²) in [7, 11) is 6.12. The maximum absolute atomic E-state index is 13.0. The predicted molar refractivity (Wildman–Crippen MR) is 517 cm³/mol. The van der Waals surface area contributed by atoms with Gasteiger partial charge in [-0.15, -0.1) is 0 Å². The van der Waals surface area contributed by atoms with E-state index in [0.29, 0.717) is 169 Å². The van der Waals surface area contributed by atoms with Crippen LogP contribution in [0.4, 0.5) is 123 Å². The van der Waals surface area contributed by atoms with E-state index in [1.807, 2.05) is 40.9 Å². The fourth-order valence-corrected chi connectivity index (χ4v) is 16.9. The highest BCUT2D eigenvalue weighted by Gasteiger charge is 2.41. The van der Waals surface area contributed by atoms with Crippen LogP contribution < -0.4 is 15.5 Å². The number of ether oxygens (including phenoxy) is 1. The third-order valence-electron chi connectivity index (χ3n) is 24.9. The van der Waals surface area contributed by atoms with E-state index in [1.54, 1.807) is 140 Å². The van der Waals surface area contributed by atoms with E-state index < -0.39 is 93.9 Å². The van der Waals surface area contributed by atoms with Crippen LogP contribution in [0, 0.1) is 62.3 Å². The first-order chi connectivity index (χ1) is 68.2. The summed E-state index contributed by atoms with van der Waals surface area (Å²) in [6, 6.07) is 36.6. The number of nitrogens with zero attached hydrogens (tertiary/aromatic N) is 12. The van der Waals surface area contributed by atoms with Crippen molar-refractivity contribution in [3.05, 3.63) is 298 Å². The molecule has 6 aliphatic heterocycles.